The first-order valence-electron chi connectivity index (χ1n) is 3.98. The number of ether oxygens (including phenoxy) is 1. The molecule has 0 aromatic carbocycles. The standard InChI is InChI=1S/C8H14N2O/c1-7-8(2)11-6-5-10(7)4-3-9/h7-8H,4-6H2,1-2H3. The van der Waals surface area contributed by atoms with E-state index in [0.29, 0.717) is 12.6 Å². The van der Waals surface area contributed by atoms with Crippen LogP contribution in [0.15, 0.2) is 0 Å². The van der Waals surface area contributed by atoms with Crippen molar-refractivity contribution in [3.8, 4) is 6.07 Å². The van der Waals surface area contributed by atoms with Crippen molar-refractivity contribution < 1.29 is 4.74 Å². The van der Waals surface area contributed by atoms with Crippen LogP contribution in [0.3, 0.4) is 0 Å². The van der Waals surface area contributed by atoms with Gasteiger partial charge in [0.2, 0.25) is 0 Å². The Labute approximate surface area is 67.6 Å². The average molecular weight is 154 g/mol. The fraction of sp³-hybridized carbons (Fsp3) is 0.875. The molecule has 0 amide bonds. The van der Waals surface area contributed by atoms with Gasteiger partial charge in [0.05, 0.1) is 25.3 Å². The lowest BCUT2D eigenvalue weighted by Gasteiger charge is -2.36. The van der Waals surface area contributed by atoms with E-state index in [2.05, 4.69) is 17.9 Å². The number of nitriles is 1. The molecule has 0 aromatic rings. The Morgan fingerprint density at radius 1 is 1.64 bits per heavy atom. The largest absolute Gasteiger partial charge is 0.376 e. The van der Waals surface area contributed by atoms with Crippen LogP contribution >= 0.6 is 0 Å². The molecule has 0 N–H and O–H groups in total. The minimum Gasteiger partial charge on any atom is -0.376 e. The van der Waals surface area contributed by atoms with Crippen molar-refractivity contribution in [2.24, 2.45) is 0 Å². The van der Waals surface area contributed by atoms with Crippen molar-refractivity contribution in [2.45, 2.75) is 26.0 Å². The topological polar surface area (TPSA) is 36.3 Å². The SMILES string of the molecule is CC1OCCN(CC#N)C1C. The molecule has 1 aliphatic rings. The Bertz CT molecular complexity index is 164. The maximum Gasteiger partial charge on any atom is 0.0869 e. The van der Waals surface area contributed by atoms with Gasteiger partial charge >= 0.3 is 0 Å². The second-order valence-corrected chi connectivity index (χ2v) is 2.95. The van der Waals surface area contributed by atoms with E-state index in [1.54, 1.807) is 0 Å². The van der Waals surface area contributed by atoms with E-state index in [1.165, 1.54) is 0 Å². The van der Waals surface area contributed by atoms with E-state index >= 15 is 0 Å². The van der Waals surface area contributed by atoms with Gasteiger partial charge in [0, 0.05) is 12.6 Å². The minimum atomic E-state index is 0.261. The fourth-order valence-electron chi connectivity index (χ4n) is 1.31. The lowest BCUT2D eigenvalue weighted by Crippen LogP contribution is -2.48. The number of hydrogen-bond acceptors (Lipinski definition) is 3. The van der Waals surface area contributed by atoms with E-state index in [-0.39, 0.29) is 6.10 Å². The molecule has 1 rings (SSSR count). The first-order valence-corrected chi connectivity index (χ1v) is 3.98. The van der Waals surface area contributed by atoms with Crippen molar-refractivity contribution in [1.29, 1.82) is 5.26 Å². The molecule has 0 saturated carbocycles. The average Bonchev–Trinajstić information content (AvgIpc) is 1.99. The van der Waals surface area contributed by atoms with Gasteiger partial charge < -0.3 is 4.74 Å². The Hall–Kier alpha value is -0.590. The number of hydrogen-bond donors (Lipinski definition) is 0. The quantitative estimate of drug-likeness (QED) is 0.519. The van der Waals surface area contributed by atoms with Crippen LogP contribution in [0.25, 0.3) is 0 Å². The summed E-state index contributed by atoms with van der Waals surface area (Å²) in [5.41, 5.74) is 0. The molecule has 11 heavy (non-hydrogen) atoms. The van der Waals surface area contributed by atoms with E-state index in [1.807, 2.05) is 6.92 Å². The van der Waals surface area contributed by atoms with Gasteiger partial charge in [-0.2, -0.15) is 5.26 Å². The summed E-state index contributed by atoms with van der Waals surface area (Å²) in [6, 6.07) is 2.54. The van der Waals surface area contributed by atoms with Crippen LogP contribution in [0.4, 0.5) is 0 Å². The summed E-state index contributed by atoms with van der Waals surface area (Å²) in [6.07, 6.45) is 0.261. The molecule has 1 heterocycles. The van der Waals surface area contributed by atoms with Crippen LogP contribution in [0, 0.1) is 11.3 Å². The maximum atomic E-state index is 8.49. The molecule has 1 aliphatic heterocycles. The lowest BCUT2D eigenvalue weighted by molar-refractivity contribution is -0.0500. The summed E-state index contributed by atoms with van der Waals surface area (Å²) in [6.45, 7) is 6.32. The van der Waals surface area contributed by atoms with Crippen LogP contribution < -0.4 is 0 Å². The number of morpholine rings is 1. The predicted molar refractivity (Wildman–Crippen MR) is 42.1 cm³/mol. The van der Waals surface area contributed by atoms with Crippen LogP contribution in [0.2, 0.25) is 0 Å². The molecular formula is C8H14N2O. The van der Waals surface area contributed by atoms with E-state index in [0.717, 1.165) is 13.2 Å². The van der Waals surface area contributed by atoms with Crippen molar-refractivity contribution in [3.63, 3.8) is 0 Å². The zero-order chi connectivity index (χ0) is 8.27. The lowest BCUT2D eigenvalue weighted by atomic mass is 10.1. The molecule has 0 radical (unpaired) electrons. The molecule has 2 atom stereocenters. The highest BCUT2D eigenvalue weighted by Gasteiger charge is 2.24. The van der Waals surface area contributed by atoms with E-state index in [4.69, 9.17) is 10.00 Å². The van der Waals surface area contributed by atoms with Crippen LogP contribution in [-0.2, 0) is 4.74 Å². The zero-order valence-corrected chi connectivity index (χ0v) is 7.08. The summed E-state index contributed by atoms with van der Waals surface area (Å²) in [5.74, 6) is 0. The molecule has 1 fully saturated rings. The molecule has 0 bridgehead atoms. The molecule has 0 aromatic heterocycles. The highest BCUT2D eigenvalue weighted by molar-refractivity contribution is 4.84. The Kier molecular flexibility index (Phi) is 2.86. The highest BCUT2D eigenvalue weighted by Crippen LogP contribution is 2.11. The first-order chi connectivity index (χ1) is 5.25. The predicted octanol–water partition coefficient (Wildman–Crippen LogP) is 0.619. The highest BCUT2D eigenvalue weighted by atomic mass is 16.5. The third-order valence-corrected chi connectivity index (χ3v) is 2.29. The van der Waals surface area contributed by atoms with Gasteiger partial charge in [0.25, 0.3) is 0 Å². The summed E-state index contributed by atoms with van der Waals surface area (Å²) in [5, 5.41) is 8.49. The van der Waals surface area contributed by atoms with Gasteiger partial charge in [-0.3, -0.25) is 4.90 Å². The smallest absolute Gasteiger partial charge is 0.0869 e. The van der Waals surface area contributed by atoms with Crippen LogP contribution in [0.5, 0.6) is 0 Å². The normalized spacial score (nSPS) is 33.2. The van der Waals surface area contributed by atoms with E-state index < -0.39 is 0 Å². The van der Waals surface area contributed by atoms with Gasteiger partial charge in [-0.25, -0.2) is 0 Å². The molecule has 62 valence electrons. The molecule has 2 unspecified atom stereocenters. The summed E-state index contributed by atoms with van der Waals surface area (Å²) >= 11 is 0. The van der Waals surface area contributed by atoms with Crippen LogP contribution in [-0.4, -0.2) is 36.7 Å². The van der Waals surface area contributed by atoms with Gasteiger partial charge in [0.15, 0.2) is 0 Å². The van der Waals surface area contributed by atoms with Crippen molar-refractivity contribution in [3.05, 3.63) is 0 Å². The third-order valence-electron chi connectivity index (χ3n) is 2.29. The zero-order valence-electron chi connectivity index (χ0n) is 7.08. The molecule has 1 saturated heterocycles. The summed E-state index contributed by atoms with van der Waals surface area (Å²) in [7, 11) is 0. The monoisotopic (exact) mass is 154 g/mol. The number of nitrogens with zero attached hydrogens (tertiary/aromatic N) is 2. The molecule has 0 aliphatic carbocycles. The van der Waals surface area contributed by atoms with Gasteiger partial charge in [-0.05, 0) is 13.8 Å². The first kappa shape index (κ1) is 8.51. The minimum absolute atomic E-state index is 0.261. The summed E-state index contributed by atoms with van der Waals surface area (Å²) < 4.78 is 5.42. The Morgan fingerprint density at radius 2 is 2.36 bits per heavy atom. The van der Waals surface area contributed by atoms with Crippen molar-refractivity contribution in [2.75, 3.05) is 19.7 Å². The second-order valence-electron chi connectivity index (χ2n) is 2.95. The number of rotatable bonds is 1. The fourth-order valence-corrected chi connectivity index (χ4v) is 1.31. The molecule has 0 spiro atoms. The molecular weight excluding hydrogens is 140 g/mol. The summed E-state index contributed by atoms with van der Waals surface area (Å²) in [4.78, 5) is 2.15. The van der Waals surface area contributed by atoms with E-state index in [9.17, 15) is 0 Å². The third kappa shape index (κ3) is 1.92. The van der Waals surface area contributed by atoms with Gasteiger partial charge in [0.1, 0.15) is 0 Å². The Balaban J connectivity index is 2.45. The maximum absolute atomic E-state index is 8.49. The van der Waals surface area contributed by atoms with Gasteiger partial charge in [-0.1, -0.05) is 0 Å². The molecule has 3 nitrogen and oxygen atoms in total. The Morgan fingerprint density at radius 3 is 3.00 bits per heavy atom. The molecule has 3 heteroatoms. The van der Waals surface area contributed by atoms with Crippen molar-refractivity contribution >= 4 is 0 Å². The van der Waals surface area contributed by atoms with Gasteiger partial charge in [-0.15, -0.1) is 0 Å². The second kappa shape index (κ2) is 3.70. The van der Waals surface area contributed by atoms with Crippen LogP contribution in [0.1, 0.15) is 13.8 Å². The van der Waals surface area contributed by atoms with Crippen molar-refractivity contribution in [1.82, 2.24) is 4.90 Å².